The summed E-state index contributed by atoms with van der Waals surface area (Å²) in [4.78, 5) is 23.8. The van der Waals surface area contributed by atoms with Crippen LogP contribution in [0.1, 0.15) is 0 Å². The number of morpholine rings is 1. The number of nitrogens with zero attached hydrogens (tertiary/aromatic N) is 3. The van der Waals surface area contributed by atoms with Gasteiger partial charge < -0.3 is 24.4 Å². The van der Waals surface area contributed by atoms with Gasteiger partial charge in [-0.25, -0.2) is 14.2 Å². The summed E-state index contributed by atoms with van der Waals surface area (Å²) in [5, 5.41) is 4.41. The van der Waals surface area contributed by atoms with Crippen LogP contribution in [-0.2, 0) is 16.1 Å². The molecule has 0 saturated carbocycles. The molecule has 4 rings (SSSR count). The van der Waals surface area contributed by atoms with E-state index in [0.29, 0.717) is 18.8 Å². The highest BCUT2D eigenvalue weighted by Crippen LogP contribution is 2.25. The number of benzene rings is 2. The molecule has 0 aliphatic carbocycles. The maximum absolute atomic E-state index is 13.7. The predicted octanol–water partition coefficient (Wildman–Crippen LogP) is 3.29. The lowest BCUT2D eigenvalue weighted by Gasteiger charge is -2.28. The zero-order chi connectivity index (χ0) is 23.0. The Balaban J connectivity index is 1.61. The van der Waals surface area contributed by atoms with Gasteiger partial charge in [0.25, 0.3) is 0 Å². The Morgan fingerprint density at radius 1 is 1.21 bits per heavy atom. The quantitative estimate of drug-likeness (QED) is 0.408. The number of carbonyl (C=O) groups is 1. The molecule has 1 aliphatic heterocycles. The van der Waals surface area contributed by atoms with Crippen molar-refractivity contribution in [2.45, 2.75) is 6.54 Å². The van der Waals surface area contributed by atoms with Crippen LogP contribution in [0, 0.1) is 5.82 Å². The number of aromatic nitrogens is 1. The van der Waals surface area contributed by atoms with Gasteiger partial charge in [-0.15, -0.1) is 16.8 Å². The van der Waals surface area contributed by atoms with Crippen molar-refractivity contribution in [2.24, 2.45) is 4.99 Å². The van der Waals surface area contributed by atoms with Gasteiger partial charge in [-0.2, -0.15) is 0 Å². The molecule has 1 aliphatic rings. The van der Waals surface area contributed by atoms with E-state index in [1.807, 2.05) is 9.95 Å². The molecule has 2 heterocycles. The van der Waals surface area contributed by atoms with Crippen LogP contribution in [0.5, 0.6) is 0 Å². The number of hydroxylamine groups is 1. The van der Waals surface area contributed by atoms with Crippen LogP contribution in [0.15, 0.2) is 58.9 Å². The Hall–Kier alpha value is -3.21. The summed E-state index contributed by atoms with van der Waals surface area (Å²) >= 11 is 1.47. The van der Waals surface area contributed by atoms with Crippen LogP contribution in [-0.4, -0.2) is 50.6 Å². The number of thiazole rings is 1. The Morgan fingerprint density at radius 2 is 2.00 bits per heavy atom. The Kier molecular flexibility index (Phi) is 7.71. The number of amides is 1. The van der Waals surface area contributed by atoms with E-state index >= 15 is 0 Å². The van der Waals surface area contributed by atoms with Crippen molar-refractivity contribution in [1.82, 2.24) is 15.4 Å². The summed E-state index contributed by atoms with van der Waals surface area (Å²) in [5.74, 6) is -0.334. The highest BCUT2D eigenvalue weighted by molar-refractivity contribution is 7.07. The fourth-order valence-electron chi connectivity index (χ4n) is 3.51. The summed E-state index contributed by atoms with van der Waals surface area (Å²) in [7, 11) is 1.49. The average Bonchev–Trinajstić information content (AvgIpc) is 3.24. The summed E-state index contributed by atoms with van der Waals surface area (Å²) in [6.07, 6.45) is -0.561. The number of nitrogens with one attached hydrogen (secondary N) is 2. The molecule has 0 unspecified atom stereocenters. The number of halogens is 1. The molecule has 0 atom stereocenters. The maximum atomic E-state index is 13.7. The fourth-order valence-corrected chi connectivity index (χ4v) is 4.47. The number of hydrogen-bond acceptors (Lipinski definition) is 7. The first kappa shape index (κ1) is 23.0. The third-order valence-electron chi connectivity index (χ3n) is 5.18. The van der Waals surface area contributed by atoms with Gasteiger partial charge in [0.05, 0.1) is 24.6 Å². The van der Waals surface area contributed by atoms with E-state index in [1.165, 1.54) is 30.5 Å². The van der Waals surface area contributed by atoms with Gasteiger partial charge in [-0.1, -0.05) is 18.2 Å². The molecule has 0 spiro atoms. The van der Waals surface area contributed by atoms with Crippen LogP contribution in [0.4, 0.5) is 20.6 Å². The second-order valence-electron chi connectivity index (χ2n) is 7.33. The van der Waals surface area contributed by atoms with E-state index in [4.69, 9.17) is 9.57 Å². The molecule has 1 amide bonds. The van der Waals surface area contributed by atoms with E-state index in [-0.39, 0.29) is 5.82 Å². The molecule has 8 nitrogen and oxygen atoms in total. The second kappa shape index (κ2) is 11.1. The molecule has 1 fully saturated rings. The van der Waals surface area contributed by atoms with Crippen molar-refractivity contribution in [3.05, 3.63) is 64.5 Å². The summed E-state index contributed by atoms with van der Waals surface area (Å²) < 4.78 is 21.1. The molecule has 0 bridgehead atoms. The zero-order valence-electron chi connectivity index (χ0n) is 18.3. The Labute approximate surface area is 195 Å². The minimum atomic E-state index is -0.561. The molecule has 3 aromatic rings. The van der Waals surface area contributed by atoms with Gasteiger partial charge in [0.1, 0.15) is 5.82 Å². The molecular weight excluding hydrogens is 445 g/mol. The van der Waals surface area contributed by atoms with Crippen LogP contribution >= 0.6 is 11.3 Å². The van der Waals surface area contributed by atoms with Gasteiger partial charge >= 0.3 is 6.09 Å². The third-order valence-corrected chi connectivity index (χ3v) is 6.04. The van der Waals surface area contributed by atoms with Crippen molar-refractivity contribution in [3.8, 4) is 11.3 Å². The highest BCUT2D eigenvalue weighted by atomic mass is 32.1. The molecule has 0 radical (unpaired) electrons. The zero-order valence-corrected chi connectivity index (χ0v) is 19.1. The van der Waals surface area contributed by atoms with Gasteiger partial charge in [0.2, 0.25) is 0 Å². The summed E-state index contributed by atoms with van der Waals surface area (Å²) in [6, 6.07) is 14.6. The van der Waals surface area contributed by atoms with E-state index in [0.717, 1.165) is 48.0 Å². The van der Waals surface area contributed by atoms with Crippen LogP contribution in [0.3, 0.4) is 0 Å². The minimum absolute atomic E-state index is 0.334. The molecule has 10 heteroatoms. The van der Waals surface area contributed by atoms with Crippen molar-refractivity contribution < 1.29 is 18.8 Å². The number of anilines is 1. The number of carbonyl (C=O) groups excluding carboxylic acids is 1. The Bertz CT molecular complexity index is 1140. The average molecular weight is 472 g/mol. The van der Waals surface area contributed by atoms with Crippen molar-refractivity contribution >= 4 is 28.8 Å². The number of rotatable bonds is 7. The van der Waals surface area contributed by atoms with Crippen LogP contribution in [0.2, 0.25) is 0 Å². The van der Waals surface area contributed by atoms with Gasteiger partial charge in [-0.3, -0.25) is 0 Å². The van der Waals surface area contributed by atoms with Crippen molar-refractivity contribution in [2.75, 3.05) is 44.8 Å². The minimum Gasteiger partial charge on any atom is -0.378 e. The topological polar surface area (TPSA) is 80.1 Å². The monoisotopic (exact) mass is 471 g/mol. The fraction of sp³-hybridized carbons (Fsp3) is 0.304. The lowest BCUT2D eigenvalue weighted by Crippen LogP contribution is -2.36. The Morgan fingerprint density at radius 3 is 2.73 bits per heavy atom. The predicted molar refractivity (Wildman–Crippen MR) is 126 cm³/mol. The molecule has 174 valence electrons. The first-order chi connectivity index (χ1) is 16.1. The second-order valence-corrected chi connectivity index (χ2v) is 8.16. The lowest BCUT2D eigenvalue weighted by atomic mass is 10.1. The van der Waals surface area contributed by atoms with Gasteiger partial charge in [0, 0.05) is 44.3 Å². The third kappa shape index (κ3) is 5.98. The first-order valence-electron chi connectivity index (χ1n) is 10.7. The first-order valence-corrected chi connectivity index (χ1v) is 11.5. The van der Waals surface area contributed by atoms with Crippen molar-refractivity contribution in [1.29, 1.82) is 0 Å². The SMILES string of the molecule is CNC(=O)ONCCn1c(-c2ccc(N3CCOCC3)cc2)csc1=Nc1cccc(F)c1. The summed E-state index contributed by atoms with van der Waals surface area (Å²) in [6.45, 7) is 4.11. The smallest absolute Gasteiger partial charge is 0.378 e. The molecule has 33 heavy (non-hydrogen) atoms. The summed E-state index contributed by atoms with van der Waals surface area (Å²) in [5.41, 5.74) is 6.37. The molecule has 2 N–H and O–H groups in total. The van der Waals surface area contributed by atoms with E-state index in [9.17, 15) is 9.18 Å². The van der Waals surface area contributed by atoms with E-state index in [1.54, 1.807) is 12.1 Å². The van der Waals surface area contributed by atoms with E-state index in [2.05, 4.69) is 45.0 Å². The maximum Gasteiger partial charge on any atom is 0.425 e. The highest BCUT2D eigenvalue weighted by Gasteiger charge is 2.13. The largest absolute Gasteiger partial charge is 0.425 e. The molecule has 2 aromatic carbocycles. The number of ether oxygens (including phenoxy) is 1. The van der Waals surface area contributed by atoms with E-state index < -0.39 is 6.09 Å². The normalized spacial score (nSPS) is 14.4. The van der Waals surface area contributed by atoms with Crippen LogP contribution in [0.25, 0.3) is 11.3 Å². The molecule has 1 aromatic heterocycles. The lowest BCUT2D eigenvalue weighted by molar-refractivity contribution is 0.0898. The molecular formula is C23H26FN5O3S. The number of hydrogen-bond donors (Lipinski definition) is 2. The molecule has 1 saturated heterocycles. The van der Waals surface area contributed by atoms with Gasteiger partial charge in [-0.05, 0) is 35.9 Å². The standard InChI is InChI=1S/C23H26FN5O3S/c1-25-23(30)32-26-9-10-29-21(16-33-22(29)27-19-4-2-3-18(24)15-19)17-5-7-20(8-6-17)28-11-13-31-14-12-28/h2-8,15-16,26H,9-14H2,1H3,(H,25,30). The van der Waals surface area contributed by atoms with Gasteiger partial charge in [0.15, 0.2) is 4.80 Å². The van der Waals surface area contributed by atoms with Crippen molar-refractivity contribution in [3.63, 3.8) is 0 Å². The van der Waals surface area contributed by atoms with Crippen LogP contribution < -0.4 is 20.5 Å².